The fraction of sp³-hybridized carbons (Fsp3) is 0.727. The van der Waals surface area contributed by atoms with E-state index in [-0.39, 0.29) is 19.0 Å². The minimum absolute atomic E-state index is 0.00137. The summed E-state index contributed by atoms with van der Waals surface area (Å²) in [5, 5.41) is 2.10. The first-order chi connectivity index (χ1) is 7.29. The van der Waals surface area contributed by atoms with Crippen LogP contribution in [0.1, 0.15) is 40.5 Å². The van der Waals surface area contributed by atoms with Crippen molar-refractivity contribution < 1.29 is 19.1 Å². The average Bonchev–Trinajstić information content (AvgIpc) is 2.16. The van der Waals surface area contributed by atoms with E-state index in [0.717, 1.165) is 0 Å². The second-order valence-corrected chi connectivity index (χ2v) is 4.23. The molecule has 0 radical (unpaired) electrons. The van der Waals surface area contributed by atoms with Crippen LogP contribution >= 0.6 is 0 Å². The van der Waals surface area contributed by atoms with Gasteiger partial charge in [0.15, 0.2) is 0 Å². The Balaban J connectivity index is 3.87. The monoisotopic (exact) mass is 229 g/mol. The van der Waals surface area contributed by atoms with Gasteiger partial charge in [-0.2, -0.15) is 0 Å². The summed E-state index contributed by atoms with van der Waals surface area (Å²) < 4.78 is 4.94. The summed E-state index contributed by atoms with van der Waals surface area (Å²) in [6.07, 6.45) is 0.677. The first-order valence-corrected chi connectivity index (χ1v) is 5.27. The lowest BCUT2D eigenvalue weighted by atomic mass is 9.91. The maximum Gasteiger partial charge on any atom is 0.311 e. The molecule has 0 rings (SSSR count). The summed E-state index contributed by atoms with van der Waals surface area (Å²) in [5.41, 5.74) is -0.531. The number of amides is 2. The van der Waals surface area contributed by atoms with Crippen LogP contribution in [0.3, 0.4) is 0 Å². The second kappa shape index (κ2) is 6.25. The van der Waals surface area contributed by atoms with Crippen molar-refractivity contribution in [3.05, 3.63) is 0 Å². The van der Waals surface area contributed by atoms with Gasteiger partial charge >= 0.3 is 5.97 Å². The van der Waals surface area contributed by atoms with E-state index in [1.54, 1.807) is 13.8 Å². The Bertz CT molecular complexity index is 284. The molecule has 0 unspecified atom stereocenters. The topological polar surface area (TPSA) is 72.5 Å². The van der Waals surface area contributed by atoms with Gasteiger partial charge in [0.2, 0.25) is 11.8 Å². The summed E-state index contributed by atoms with van der Waals surface area (Å²) in [6.45, 7) is 6.71. The Morgan fingerprint density at radius 3 is 2.25 bits per heavy atom. The van der Waals surface area contributed by atoms with Crippen molar-refractivity contribution in [2.75, 3.05) is 6.61 Å². The first-order valence-electron chi connectivity index (χ1n) is 5.27. The quantitative estimate of drug-likeness (QED) is 0.714. The molecule has 5 nitrogen and oxygen atoms in total. The number of nitrogens with one attached hydrogen (secondary N) is 1. The highest BCUT2D eigenvalue weighted by Gasteiger charge is 2.26. The molecular weight excluding hydrogens is 210 g/mol. The molecular formula is C11H19NO4. The highest BCUT2D eigenvalue weighted by Crippen LogP contribution is 2.21. The van der Waals surface area contributed by atoms with Gasteiger partial charge in [0, 0.05) is 6.92 Å². The molecule has 92 valence electrons. The number of ether oxygens (including phenoxy) is 1. The summed E-state index contributed by atoms with van der Waals surface area (Å²) in [7, 11) is 0. The maximum atomic E-state index is 11.5. The van der Waals surface area contributed by atoms with E-state index in [9.17, 15) is 14.4 Å². The lowest BCUT2D eigenvalue weighted by molar-refractivity contribution is -0.154. The molecule has 0 aromatic carbocycles. The molecule has 5 heteroatoms. The predicted molar refractivity (Wildman–Crippen MR) is 58.5 cm³/mol. The van der Waals surface area contributed by atoms with Crippen LogP contribution in [0.25, 0.3) is 0 Å². The molecule has 0 spiro atoms. The SMILES string of the molecule is CCC(C)(C)C(=O)OCCC(=O)NC(C)=O. The fourth-order valence-corrected chi connectivity index (χ4v) is 0.835. The van der Waals surface area contributed by atoms with Crippen molar-refractivity contribution in [2.45, 2.75) is 40.5 Å². The fourth-order valence-electron chi connectivity index (χ4n) is 0.835. The standard InChI is InChI=1S/C11H19NO4/c1-5-11(3,4)10(15)16-7-6-9(14)12-8(2)13/h5-7H2,1-4H3,(H,12,13,14). The van der Waals surface area contributed by atoms with E-state index in [0.29, 0.717) is 6.42 Å². The molecule has 0 aliphatic carbocycles. The van der Waals surface area contributed by atoms with E-state index < -0.39 is 17.2 Å². The third-order valence-corrected chi connectivity index (χ3v) is 2.31. The van der Waals surface area contributed by atoms with Gasteiger partial charge in [0.1, 0.15) is 6.61 Å². The Morgan fingerprint density at radius 2 is 1.81 bits per heavy atom. The maximum absolute atomic E-state index is 11.5. The van der Waals surface area contributed by atoms with Gasteiger partial charge in [0.05, 0.1) is 11.8 Å². The van der Waals surface area contributed by atoms with Crippen LogP contribution < -0.4 is 5.32 Å². The van der Waals surface area contributed by atoms with Gasteiger partial charge < -0.3 is 4.74 Å². The lowest BCUT2D eigenvalue weighted by Crippen LogP contribution is -2.31. The van der Waals surface area contributed by atoms with Gasteiger partial charge in [-0.25, -0.2) is 0 Å². The van der Waals surface area contributed by atoms with Crippen molar-refractivity contribution in [3.8, 4) is 0 Å². The first kappa shape index (κ1) is 14.6. The van der Waals surface area contributed by atoms with Crippen molar-refractivity contribution in [1.82, 2.24) is 5.32 Å². The van der Waals surface area contributed by atoms with Crippen molar-refractivity contribution >= 4 is 17.8 Å². The van der Waals surface area contributed by atoms with Crippen LogP contribution in [0.5, 0.6) is 0 Å². The second-order valence-electron chi connectivity index (χ2n) is 4.23. The normalized spacial score (nSPS) is 10.8. The highest BCUT2D eigenvalue weighted by atomic mass is 16.5. The molecule has 2 amide bonds. The molecule has 0 aliphatic heterocycles. The number of hydrogen-bond acceptors (Lipinski definition) is 4. The van der Waals surface area contributed by atoms with E-state index in [2.05, 4.69) is 5.32 Å². The zero-order valence-electron chi connectivity index (χ0n) is 10.3. The third kappa shape index (κ3) is 5.48. The largest absolute Gasteiger partial charge is 0.465 e. The van der Waals surface area contributed by atoms with E-state index in [1.807, 2.05) is 6.92 Å². The van der Waals surface area contributed by atoms with Crippen molar-refractivity contribution in [3.63, 3.8) is 0 Å². The Labute approximate surface area is 95.5 Å². The van der Waals surface area contributed by atoms with Crippen LogP contribution in [0.15, 0.2) is 0 Å². The molecule has 0 aliphatic rings. The Kier molecular flexibility index (Phi) is 5.71. The minimum atomic E-state index is -0.531. The molecule has 0 saturated heterocycles. The summed E-state index contributed by atoms with van der Waals surface area (Å²) >= 11 is 0. The molecule has 0 aromatic heterocycles. The number of hydrogen-bond donors (Lipinski definition) is 1. The smallest absolute Gasteiger partial charge is 0.311 e. The number of carbonyl (C=O) groups is 3. The summed E-state index contributed by atoms with van der Waals surface area (Å²) in [5.74, 6) is -1.18. The average molecular weight is 229 g/mol. The molecule has 0 aromatic rings. The van der Waals surface area contributed by atoms with Gasteiger partial charge in [-0.3, -0.25) is 19.7 Å². The number of rotatable bonds is 5. The van der Waals surface area contributed by atoms with Crippen molar-refractivity contribution in [1.29, 1.82) is 0 Å². The molecule has 16 heavy (non-hydrogen) atoms. The molecule has 1 N–H and O–H groups in total. The van der Waals surface area contributed by atoms with Gasteiger partial charge in [-0.05, 0) is 20.3 Å². The number of imide groups is 1. The predicted octanol–water partition coefficient (Wildman–Crippen LogP) is 1.02. The highest BCUT2D eigenvalue weighted by molar-refractivity contribution is 5.94. The molecule has 0 atom stereocenters. The van der Waals surface area contributed by atoms with Crippen LogP contribution in [0.2, 0.25) is 0 Å². The summed E-state index contributed by atoms with van der Waals surface area (Å²) in [6, 6.07) is 0. The van der Waals surface area contributed by atoms with Gasteiger partial charge in [0.25, 0.3) is 0 Å². The molecule has 0 bridgehead atoms. The molecule has 0 saturated carbocycles. The van der Waals surface area contributed by atoms with Crippen LogP contribution in [-0.2, 0) is 19.1 Å². The minimum Gasteiger partial charge on any atom is -0.465 e. The zero-order chi connectivity index (χ0) is 12.8. The molecule has 0 heterocycles. The third-order valence-electron chi connectivity index (χ3n) is 2.31. The van der Waals surface area contributed by atoms with Crippen LogP contribution in [0.4, 0.5) is 0 Å². The number of esters is 1. The van der Waals surface area contributed by atoms with E-state index in [4.69, 9.17) is 4.74 Å². The Hall–Kier alpha value is -1.39. The van der Waals surface area contributed by atoms with Gasteiger partial charge in [-0.15, -0.1) is 0 Å². The zero-order valence-corrected chi connectivity index (χ0v) is 10.3. The number of carbonyl (C=O) groups excluding carboxylic acids is 3. The lowest BCUT2D eigenvalue weighted by Gasteiger charge is -2.20. The molecule has 0 fully saturated rings. The van der Waals surface area contributed by atoms with E-state index in [1.165, 1.54) is 6.92 Å². The van der Waals surface area contributed by atoms with Crippen LogP contribution in [-0.4, -0.2) is 24.4 Å². The van der Waals surface area contributed by atoms with Crippen LogP contribution in [0, 0.1) is 5.41 Å². The van der Waals surface area contributed by atoms with Gasteiger partial charge in [-0.1, -0.05) is 6.92 Å². The van der Waals surface area contributed by atoms with E-state index >= 15 is 0 Å². The Morgan fingerprint density at radius 1 is 1.25 bits per heavy atom. The summed E-state index contributed by atoms with van der Waals surface area (Å²) in [4.78, 5) is 33.0. The van der Waals surface area contributed by atoms with Crippen molar-refractivity contribution in [2.24, 2.45) is 5.41 Å².